The van der Waals surface area contributed by atoms with Crippen molar-refractivity contribution in [1.82, 2.24) is 0 Å². The molecule has 2 aliphatic rings. The summed E-state index contributed by atoms with van der Waals surface area (Å²) in [4.78, 5) is 0. The summed E-state index contributed by atoms with van der Waals surface area (Å²) < 4.78 is 12.4. The van der Waals surface area contributed by atoms with E-state index in [1.807, 2.05) is 0 Å². The minimum atomic E-state index is -1.02. The molecule has 0 radical (unpaired) electrons. The van der Waals surface area contributed by atoms with Crippen molar-refractivity contribution in [3.8, 4) is 0 Å². The Morgan fingerprint density at radius 2 is 1.00 bits per heavy atom. The fraction of sp³-hybridized carbons (Fsp3) is 1.00. The molecule has 2 saturated carbocycles. The predicted octanol–water partition coefficient (Wildman–Crippen LogP) is 2.35. The smallest absolute Gasteiger partial charge is 0.328 e. The summed E-state index contributed by atoms with van der Waals surface area (Å²) >= 11 is 0. The second-order valence-electron chi connectivity index (χ2n) is 5.50. The van der Waals surface area contributed by atoms with Crippen LogP contribution in [0.2, 0.25) is 0 Å². The Morgan fingerprint density at radius 1 is 0.688 bits per heavy atom. The van der Waals surface area contributed by atoms with Gasteiger partial charge < -0.3 is 11.5 Å². The molecule has 3 nitrogen and oxygen atoms in total. The highest BCUT2D eigenvalue weighted by molar-refractivity contribution is 7.46. The molecule has 0 aliphatic heterocycles. The van der Waals surface area contributed by atoms with Gasteiger partial charge in [0.15, 0.2) is 11.3 Å². The van der Waals surface area contributed by atoms with Crippen LogP contribution in [0.25, 0.3) is 0 Å². The third kappa shape index (κ3) is 3.03. The monoisotopic (exact) mass is 243 g/mol. The van der Waals surface area contributed by atoms with E-state index < -0.39 is 7.80 Å². The number of hydrogen-bond donors (Lipinski definition) is 2. The zero-order valence-electron chi connectivity index (χ0n) is 9.98. The largest absolute Gasteiger partial charge is 0.344 e. The van der Waals surface area contributed by atoms with Crippen LogP contribution in [-0.2, 0) is 4.57 Å². The molecule has 0 atom stereocenters. The lowest BCUT2D eigenvalue weighted by atomic mass is 9.95. The Labute approximate surface area is 99.1 Å². The molecule has 0 aromatic heterocycles. The maximum atomic E-state index is 12.4. The van der Waals surface area contributed by atoms with E-state index in [9.17, 15) is 4.57 Å². The Kier molecular flexibility index (Phi) is 4.34. The SMILES string of the molecule is NC1CCC([P+](=O)C2CCC(N)CC2)CC1. The van der Waals surface area contributed by atoms with Gasteiger partial charge in [0.05, 0.1) is 0 Å². The van der Waals surface area contributed by atoms with Crippen molar-refractivity contribution in [2.75, 3.05) is 0 Å². The molecule has 0 spiro atoms. The summed E-state index contributed by atoms with van der Waals surface area (Å²) in [7, 11) is -1.02. The number of hydrogen-bond acceptors (Lipinski definition) is 3. The zero-order valence-corrected chi connectivity index (χ0v) is 10.9. The van der Waals surface area contributed by atoms with E-state index in [-0.39, 0.29) is 0 Å². The highest BCUT2D eigenvalue weighted by Gasteiger charge is 2.41. The number of nitrogens with two attached hydrogens (primary N) is 2. The van der Waals surface area contributed by atoms with Gasteiger partial charge in [-0.2, -0.15) is 0 Å². The van der Waals surface area contributed by atoms with Crippen molar-refractivity contribution >= 4 is 7.80 Å². The first-order valence-electron chi connectivity index (χ1n) is 6.63. The van der Waals surface area contributed by atoms with E-state index in [2.05, 4.69) is 0 Å². The Bertz CT molecular complexity index is 219. The van der Waals surface area contributed by atoms with Gasteiger partial charge in [0.25, 0.3) is 0 Å². The van der Waals surface area contributed by atoms with Gasteiger partial charge in [-0.25, -0.2) is 0 Å². The molecule has 16 heavy (non-hydrogen) atoms. The second-order valence-corrected chi connectivity index (χ2v) is 7.68. The second kappa shape index (κ2) is 5.57. The highest BCUT2D eigenvalue weighted by Crippen LogP contribution is 2.46. The summed E-state index contributed by atoms with van der Waals surface area (Å²) in [5.74, 6) is 0. The van der Waals surface area contributed by atoms with Gasteiger partial charge in [-0.15, -0.1) is 0 Å². The van der Waals surface area contributed by atoms with E-state index in [0.29, 0.717) is 23.4 Å². The van der Waals surface area contributed by atoms with Crippen molar-refractivity contribution < 1.29 is 4.57 Å². The molecule has 2 fully saturated rings. The summed E-state index contributed by atoms with van der Waals surface area (Å²) in [5.41, 5.74) is 12.7. The van der Waals surface area contributed by atoms with Gasteiger partial charge in [-0.3, -0.25) is 0 Å². The van der Waals surface area contributed by atoms with E-state index in [4.69, 9.17) is 11.5 Å². The molecule has 0 amide bonds. The van der Waals surface area contributed by atoms with Gasteiger partial charge in [0, 0.05) is 12.1 Å². The number of rotatable bonds is 2. The zero-order chi connectivity index (χ0) is 11.5. The molecular formula is C12H24N2OP+. The van der Waals surface area contributed by atoms with Gasteiger partial charge in [0.2, 0.25) is 0 Å². The van der Waals surface area contributed by atoms with Crippen LogP contribution >= 0.6 is 7.80 Å². The standard InChI is InChI=1S/C12H24N2OP/c13-9-1-5-11(6-2-9)16(15)12-7-3-10(14)4-8-12/h9-12H,1-8,13-14H2/q+1. The van der Waals surface area contributed by atoms with Crippen LogP contribution in [0.4, 0.5) is 0 Å². The van der Waals surface area contributed by atoms with Gasteiger partial charge >= 0.3 is 7.80 Å². The van der Waals surface area contributed by atoms with Gasteiger partial charge in [-0.1, -0.05) is 4.57 Å². The lowest BCUT2D eigenvalue weighted by molar-refractivity contribution is 0.413. The first-order valence-corrected chi connectivity index (χ1v) is 8.03. The Balaban J connectivity index is 1.83. The maximum absolute atomic E-state index is 12.4. The van der Waals surface area contributed by atoms with Crippen molar-refractivity contribution in [3.63, 3.8) is 0 Å². The normalized spacial score (nSPS) is 41.8. The minimum Gasteiger partial charge on any atom is -0.328 e. The van der Waals surface area contributed by atoms with Gasteiger partial charge in [0.1, 0.15) is 0 Å². The highest BCUT2D eigenvalue weighted by atomic mass is 31.1. The molecule has 4 N–H and O–H groups in total. The molecule has 2 aliphatic carbocycles. The van der Waals surface area contributed by atoms with Crippen LogP contribution in [0, 0.1) is 0 Å². The first-order chi connectivity index (χ1) is 7.66. The van der Waals surface area contributed by atoms with Crippen LogP contribution in [0.15, 0.2) is 0 Å². The molecule has 0 aromatic rings. The summed E-state index contributed by atoms with van der Waals surface area (Å²) in [6.07, 6.45) is 8.60. The molecule has 2 rings (SSSR count). The molecule has 0 bridgehead atoms. The topological polar surface area (TPSA) is 69.1 Å². The lowest BCUT2D eigenvalue weighted by Gasteiger charge is -2.24. The molecule has 92 valence electrons. The molecule has 0 saturated heterocycles. The molecule has 0 heterocycles. The third-order valence-corrected chi connectivity index (χ3v) is 6.67. The third-order valence-electron chi connectivity index (χ3n) is 4.20. The van der Waals surface area contributed by atoms with Crippen LogP contribution < -0.4 is 11.5 Å². The molecule has 4 heteroatoms. The van der Waals surface area contributed by atoms with Crippen LogP contribution in [-0.4, -0.2) is 23.4 Å². The van der Waals surface area contributed by atoms with Crippen molar-refractivity contribution in [2.24, 2.45) is 11.5 Å². The van der Waals surface area contributed by atoms with Crippen LogP contribution in [0.3, 0.4) is 0 Å². The lowest BCUT2D eigenvalue weighted by Crippen LogP contribution is -2.31. The first kappa shape index (κ1) is 12.5. The summed E-state index contributed by atoms with van der Waals surface area (Å²) in [5, 5.41) is 0. The van der Waals surface area contributed by atoms with E-state index in [1.54, 1.807) is 0 Å². The summed E-state index contributed by atoms with van der Waals surface area (Å²) in [6, 6.07) is 0.721. The van der Waals surface area contributed by atoms with E-state index >= 15 is 0 Å². The van der Waals surface area contributed by atoms with Crippen molar-refractivity contribution in [3.05, 3.63) is 0 Å². The quantitative estimate of drug-likeness (QED) is 0.731. The van der Waals surface area contributed by atoms with Crippen LogP contribution in [0.5, 0.6) is 0 Å². The molecule has 0 aromatic carbocycles. The Morgan fingerprint density at radius 3 is 1.31 bits per heavy atom. The summed E-state index contributed by atoms with van der Waals surface area (Å²) in [6.45, 7) is 0. The average molecular weight is 243 g/mol. The molecule has 0 unspecified atom stereocenters. The van der Waals surface area contributed by atoms with E-state index in [0.717, 1.165) is 51.4 Å². The predicted molar refractivity (Wildman–Crippen MR) is 68.1 cm³/mol. The van der Waals surface area contributed by atoms with E-state index in [1.165, 1.54) is 0 Å². The van der Waals surface area contributed by atoms with Crippen molar-refractivity contribution in [1.29, 1.82) is 0 Å². The molecular weight excluding hydrogens is 219 g/mol. The fourth-order valence-electron chi connectivity index (χ4n) is 3.01. The average Bonchev–Trinajstić information content (AvgIpc) is 2.30. The Hall–Kier alpha value is 0.0200. The fourth-order valence-corrected chi connectivity index (χ4v) is 5.22. The minimum absolute atomic E-state index is 0.361. The van der Waals surface area contributed by atoms with Crippen LogP contribution in [0.1, 0.15) is 51.4 Å². The van der Waals surface area contributed by atoms with Gasteiger partial charge in [-0.05, 0) is 51.4 Å². The van der Waals surface area contributed by atoms with Crippen molar-refractivity contribution in [2.45, 2.75) is 74.8 Å². The maximum Gasteiger partial charge on any atom is 0.344 e.